The summed E-state index contributed by atoms with van der Waals surface area (Å²) in [5, 5.41) is 35.6. The molecule has 6 amide bonds. The first-order valence-electron chi connectivity index (χ1n) is 32.7. The van der Waals surface area contributed by atoms with E-state index in [9.17, 15) is 33.9 Å². The van der Waals surface area contributed by atoms with Gasteiger partial charge in [-0.3, -0.25) is 9.69 Å². The lowest BCUT2D eigenvalue weighted by Crippen LogP contribution is -2.50. The summed E-state index contributed by atoms with van der Waals surface area (Å²) >= 11 is 2.78. The Kier molecular flexibility index (Phi) is 24.7. The van der Waals surface area contributed by atoms with Gasteiger partial charge in [-0.2, -0.15) is 0 Å². The number of urea groups is 1. The minimum Gasteiger partial charge on any atom is -0.491 e. The smallest absolute Gasteiger partial charge is 0.411 e. The summed E-state index contributed by atoms with van der Waals surface area (Å²) in [5.41, 5.74) is 13.9. The number of carboxylic acids is 1. The van der Waals surface area contributed by atoms with Gasteiger partial charge in [0.05, 0.1) is 42.5 Å². The molecule has 0 saturated carbocycles. The minimum atomic E-state index is -1.17. The molecule has 8 aromatic rings. The Hall–Kier alpha value is -11.3. The number of nitrogens with two attached hydrogens (primary N) is 1. The number of para-hydroxylation sites is 1. The number of fused-ring (bicyclic) bond motifs is 5. The predicted octanol–water partition coefficient (Wildman–Crippen LogP) is 11.3. The lowest BCUT2D eigenvalue weighted by molar-refractivity contribution is -0.118. The number of amides is 6. The van der Waals surface area contributed by atoms with Crippen LogP contribution in [0.1, 0.15) is 99.8 Å². The van der Waals surface area contributed by atoms with E-state index < -0.39 is 54.1 Å². The SMILES string of the molecule is C#CCOC(=O)N(CC#C)Cc1cc(NC(=O)[C@H](CCCNC(N)=O)NC[C@@H](NC(=O)OCC2c3ccccc3-c3ccccc32)C(C)C)ccc1COC(=O)N(C)CC#Cc1ccc(OCCCc2sc(N3CCCc4c3nnc(Nc3nc5ccccc5s3)c4C)nc2C(=O)O)c(F)c1. The van der Waals surface area contributed by atoms with Crippen molar-refractivity contribution in [1.29, 1.82) is 0 Å². The molecule has 0 saturated heterocycles. The number of carboxylic acid groups (broad SMARTS) is 1. The molecule has 5 aromatic carbocycles. The van der Waals surface area contributed by atoms with Gasteiger partial charge < -0.3 is 66.2 Å². The van der Waals surface area contributed by atoms with E-state index >= 15 is 4.39 Å². The van der Waals surface area contributed by atoms with Crippen LogP contribution in [0.5, 0.6) is 5.75 Å². The summed E-state index contributed by atoms with van der Waals surface area (Å²) in [6.45, 7) is 5.83. The third kappa shape index (κ3) is 18.7. The average molecular weight is 1410 g/mol. The number of alkyl carbamates (subject to hydrolysis) is 1. The Morgan fingerprint density at radius 3 is 2.35 bits per heavy atom. The van der Waals surface area contributed by atoms with Crippen molar-refractivity contribution in [2.45, 2.75) is 90.4 Å². The highest BCUT2D eigenvalue weighted by Gasteiger charge is 2.32. The van der Waals surface area contributed by atoms with Crippen molar-refractivity contribution in [3.8, 4) is 53.4 Å². The fourth-order valence-electron chi connectivity index (χ4n) is 11.7. The molecule has 4 heterocycles. The Morgan fingerprint density at radius 2 is 1.62 bits per heavy atom. The van der Waals surface area contributed by atoms with Gasteiger partial charge >= 0.3 is 30.3 Å². The average Bonchev–Trinajstić information content (AvgIpc) is 1.66. The van der Waals surface area contributed by atoms with E-state index in [4.69, 9.17) is 37.5 Å². The third-order valence-electron chi connectivity index (χ3n) is 17.0. The zero-order valence-electron chi connectivity index (χ0n) is 56.1. The number of aromatic carboxylic acids is 1. The molecule has 2 atom stereocenters. The highest BCUT2D eigenvalue weighted by atomic mass is 32.1. The minimum absolute atomic E-state index is 0.0282. The number of anilines is 5. The summed E-state index contributed by atoms with van der Waals surface area (Å²) in [4.78, 5) is 92.6. The second kappa shape index (κ2) is 34.5. The van der Waals surface area contributed by atoms with Gasteiger partial charge in [-0.1, -0.05) is 116 Å². The Bertz CT molecular complexity index is 4440. The van der Waals surface area contributed by atoms with Gasteiger partial charge in [-0.05, 0) is 127 Å². The molecular formula is C74H76FN13O11S2. The second-order valence-corrected chi connectivity index (χ2v) is 26.3. The molecule has 101 heavy (non-hydrogen) atoms. The first-order chi connectivity index (χ1) is 48.8. The van der Waals surface area contributed by atoms with Crippen LogP contribution < -0.4 is 42.0 Å². The molecule has 0 radical (unpaired) electrons. The number of rotatable bonds is 29. The van der Waals surface area contributed by atoms with Gasteiger partial charge in [0.25, 0.3) is 0 Å². The lowest BCUT2D eigenvalue weighted by Gasteiger charge is -2.28. The Balaban J connectivity index is 0.729. The first-order valence-corrected chi connectivity index (χ1v) is 34.4. The number of hydrogen-bond acceptors (Lipinski definition) is 19. The molecule has 0 bridgehead atoms. The number of thiazole rings is 2. The van der Waals surface area contributed by atoms with Crippen LogP contribution in [0.2, 0.25) is 0 Å². The van der Waals surface area contributed by atoms with E-state index in [0.717, 1.165) is 56.4 Å². The largest absolute Gasteiger partial charge is 0.491 e. The van der Waals surface area contributed by atoms with Crippen molar-refractivity contribution in [2.75, 3.05) is 75.1 Å². The van der Waals surface area contributed by atoms with Gasteiger partial charge in [0.2, 0.25) is 5.91 Å². The monoisotopic (exact) mass is 1410 g/mol. The highest BCUT2D eigenvalue weighted by molar-refractivity contribution is 7.22. The zero-order valence-corrected chi connectivity index (χ0v) is 57.7. The number of carbonyl (C=O) groups is 6. The quantitative estimate of drug-likeness (QED) is 0.0130. The topological polar surface area (TPSA) is 307 Å². The van der Waals surface area contributed by atoms with Gasteiger partial charge in [-0.25, -0.2) is 38.3 Å². The standard InChI is InChI=1S/C74H76FN13O11S2/c1-7-34-87(74(95)97-37-8-2)42-49-40-50(79-67(89)59(26-15-33-77-69(76)92)78-41-60(45(3)4)81-72(93)98-44-56-54-22-11-9-20-52(54)53-21-10-12-23-55(53)56)31-30-48(49)43-99-73(94)86(6)35-16-19-47-29-32-61(57(75)39-47)96-38-18-28-63-64(68(90)91)82-71(101-63)88-36-17-24-51-46(5)65(84-85-66(51)88)83-70-80-58-25-13-14-27-62(58)100-70/h1-2,9-14,20-23,25,27,29-32,39-40,45,56,59-60,78H,15,17-18,24,26,28,33-38,41-44H2,3-6H3,(H,79,89)(H,81,93)(H,90,91)(H3,76,77,92)(H,80,83,84)/t59-,60+/m0/s1. The van der Waals surface area contributed by atoms with Crippen molar-refractivity contribution in [3.63, 3.8) is 0 Å². The number of primary amides is 1. The fraction of sp³-hybridized carbons (Fsp3) is 0.324. The number of terminal acetylenes is 2. The van der Waals surface area contributed by atoms with Crippen LogP contribution in [0.4, 0.5) is 51.2 Å². The fourth-order valence-corrected chi connectivity index (χ4v) is 13.6. The summed E-state index contributed by atoms with van der Waals surface area (Å²) < 4.78 is 39.1. The molecule has 0 unspecified atom stereocenters. The van der Waals surface area contributed by atoms with Crippen LogP contribution in [-0.2, 0) is 45.0 Å². The third-order valence-corrected chi connectivity index (χ3v) is 19.0. The molecule has 522 valence electrons. The van der Waals surface area contributed by atoms with Crippen LogP contribution >= 0.6 is 22.7 Å². The molecule has 0 fully saturated rings. The number of halogens is 1. The lowest BCUT2D eigenvalue weighted by atomic mass is 9.98. The van der Waals surface area contributed by atoms with Crippen molar-refractivity contribution < 1.29 is 57.2 Å². The van der Waals surface area contributed by atoms with E-state index in [1.807, 2.05) is 86.3 Å². The molecule has 10 rings (SSSR count). The van der Waals surface area contributed by atoms with E-state index in [1.54, 1.807) is 24.3 Å². The number of nitrogens with zero attached hydrogens (tertiary/aromatic N) is 7. The summed E-state index contributed by atoms with van der Waals surface area (Å²) in [7, 11) is 1.47. The van der Waals surface area contributed by atoms with Gasteiger partial charge in [0.1, 0.15) is 13.2 Å². The molecule has 8 N–H and O–H groups in total. The molecule has 0 spiro atoms. The van der Waals surface area contributed by atoms with Crippen LogP contribution in [0, 0.1) is 55.2 Å². The van der Waals surface area contributed by atoms with E-state index in [2.05, 4.69) is 82.6 Å². The normalized spacial score (nSPS) is 12.6. The number of aryl methyl sites for hydroxylation is 1. The first kappa shape index (κ1) is 72.4. The van der Waals surface area contributed by atoms with Gasteiger partial charge in [0.15, 0.2) is 45.8 Å². The van der Waals surface area contributed by atoms with E-state index in [1.165, 1.54) is 51.7 Å². The maximum absolute atomic E-state index is 15.5. The molecular weight excluding hydrogens is 1330 g/mol. The molecule has 2 aliphatic rings. The predicted molar refractivity (Wildman–Crippen MR) is 384 cm³/mol. The number of carbonyl (C=O) groups excluding carboxylic acids is 5. The van der Waals surface area contributed by atoms with Crippen molar-refractivity contribution >= 4 is 96.7 Å². The maximum Gasteiger partial charge on any atom is 0.411 e. The van der Waals surface area contributed by atoms with Gasteiger partial charge in [0, 0.05) is 65.9 Å². The molecule has 3 aromatic heterocycles. The van der Waals surface area contributed by atoms with Crippen LogP contribution in [0.3, 0.4) is 0 Å². The molecule has 1 aliphatic carbocycles. The van der Waals surface area contributed by atoms with Crippen molar-refractivity contribution in [2.24, 2.45) is 11.7 Å². The number of ether oxygens (including phenoxy) is 4. The van der Waals surface area contributed by atoms with Crippen molar-refractivity contribution in [3.05, 3.63) is 165 Å². The summed E-state index contributed by atoms with van der Waals surface area (Å²) in [6, 6.07) is 30.9. The number of hydrogen-bond donors (Lipinski definition) is 7. The van der Waals surface area contributed by atoms with E-state index in [-0.39, 0.29) is 88.9 Å². The number of aromatic nitrogens is 4. The zero-order chi connectivity index (χ0) is 71.5. The molecule has 1 aliphatic heterocycles. The maximum atomic E-state index is 15.5. The molecule has 27 heteroatoms. The van der Waals surface area contributed by atoms with Crippen LogP contribution in [0.25, 0.3) is 21.3 Å². The summed E-state index contributed by atoms with van der Waals surface area (Å²) in [6.07, 6.45) is 11.6. The molecule has 24 nitrogen and oxygen atoms in total. The highest BCUT2D eigenvalue weighted by Crippen LogP contribution is 2.45. The Morgan fingerprint density at radius 1 is 0.861 bits per heavy atom. The van der Waals surface area contributed by atoms with E-state index in [0.29, 0.717) is 75.0 Å². The number of benzene rings is 5. The van der Waals surface area contributed by atoms with Gasteiger partial charge in [-0.15, -0.1) is 34.4 Å². The van der Waals surface area contributed by atoms with Crippen LogP contribution in [0.15, 0.2) is 109 Å². The number of nitrogens with one attached hydrogen (secondary N) is 5. The van der Waals surface area contributed by atoms with Crippen molar-refractivity contribution in [1.82, 2.24) is 45.9 Å². The Labute approximate surface area is 591 Å². The second-order valence-electron chi connectivity index (χ2n) is 24.2. The van der Waals surface area contributed by atoms with Crippen LogP contribution in [-0.4, -0.2) is 143 Å². The summed E-state index contributed by atoms with van der Waals surface area (Å²) in [5.74, 6) is 9.05.